The maximum Gasteiger partial charge on any atom is 0.143 e. The third-order valence-electron chi connectivity index (χ3n) is 9.42. The zero-order valence-corrected chi connectivity index (χ0v) is 30.5. The fraction of sp³-hybridized carbons (Fsp3) is 0. The van der Waals surface area contributed by atoms with Crippen molar-refractivity contribution in [3.63, 3.8) is 0 Å². The Hall–Kier alpha value is -7.94. The van der Waals surface area contributed by atoms with Crippen LogP contribution in [-0.4, -0.2) is 0 Å². The van der Waals surface area contributed by atoms with Crippen LogP contribution in [0.25, 0.3) is 88.3 Å². The summed E-state index contributed by atoms with van der Waals surface area (Å²) in [5.74, 6) is 0. The van der Waals surface area contributed by atoms with Gasteiger partial charge in [0.25, 0.3) is 0 Å². The van der Waals surface area contributed by atoms with Crippen LogP contribution in [0.15, 0.2) is 240 Å². The van der Waals surface area contributed by atoms with Gasteiger partial charge in [-0.15, -0.1) is 0 Å². The summed E-state index contributed by atoms with van der Waals surface area (Å²) < 4.78 is 285. The van der Waals surface area contributed by atoms with E-state index in [1.54, 1.807) is 18.2 Å². The van der Waals surface area contributed by atoms with E-state index >= 15 is 0 Å². The molecule has 2 nitrogen and oxygen atoms in total. The third-order valence-corrected chi connectivity index (χ3v) is 9.42. The van der Waals surface area contributed by atoms with Crippen LogP contribution in [0, 0.1) is 0 Å². The minimum atomic E-state index is -1.15. The van der Waals surface area contributed by atoms with E-state index in [9.17, 15) is 15.1 Å². The first-order chi connectivity index (χ1) is 42.7. The van der Waals surface area contributed by atoms with Gasteiger partial charge in [0.05, 0.1) is 42.5 Å². The number of benzene rings is 10. The number of para-hydroxylation sites is 1. The molecule has 0 amide bonds. The summed E-state index contributed by atoms with van der Waals surface area (Å²) in [6.45, 7) is 0. The van der Waals surface area contributed by atoms with Gasteiger partial charge in [-0.25, -0.2) is 0 Å². The molecule has 0 aliphatic rings. The maximum atomic E-state index is 9.87. The van der Waals surface area contributed by atoms with Crippen molar-refractivity contribution >= 4 is 49.8 Å². The molecule has 2 heteroatoms. The van der Waals surface area contributed by atoms with Gasteiger partial charge in [-0.3, -0.25) is 0 Å². The van der Waals surface area contributed by atoms with E-state index in [0.29, 0.717) is 4.90 Å². The van der Waals surface area contributed by atoms with Crippen LogP contribution in [-0.2, 0) is 0 Å². The van der Waals surface area contributed by atoms with Gasteiger partial charge < -0.3 is 9.32 Å². The molecule has 60 heavy (non-hydrogen) atoms. The molecule has 0 spiro atoms. The van der Waals surface area contributed by atoms with E-state index in [1.807, 2.05) is 0 Å². The predicted molar refractivity (Wildman–Crippen MR) is 253 cm³/mol. The van der Waals surface area contributed by atoms with Gasteiger partial charge in [0.15, 0.2) is 0 Å². The van der Waals surface area contributed by atoms with Crippen LogP contribution in [0.2, 0.25) is 0 Å². The van der Waals surface area contributed by atoms with E-state index in [0.717, 1.165) is 0 Å². The minimum absolute atomic E-state index is 0.0129. The molecule has 0 bridgehead atoms. The Kier molecular flexibility index (Phi) is 3.94. The molecule has 0 atom stereocenters. The van der Waals surface area contributed by atoms with Crippen molar-refractivity contribution < 1.29 is 46.9 Å². The van der Waals surface area contributed by atoms with Crippen molar-refractivity contribution in [2.75, 3.05) is 4.90 Å². The first-order valence-electron chi connectivity index (χ1n) is 33.5. The normalized spacial score (nSPS) is 18.6. The smallest absolute Gasteiger partial charge is 0.143 e. The van der Waals surface area contributed by atoms with Gasteiger partial charge in [0, 0.05) is 33.2 Å². The van der Waals surface area contributed by atoms with E-state index < -0.39 is 249 Å². The van der Waals surface area contributed by atoms with Crippen LogP contribution >= 0.6 is 0 Å². The molecule has 0 saturated carbocycles. The number of nitrogens with zero attached hydrogens (tertiary/aromatic N) is 1. The van der Waals surface area contributed by atoms with Gasteiger partial charge in [-0.05, 0) is 128 Å². The number of rotatable bonds is 8. The molecule has 11 aromatic rings. The zero-order chi connectivity index (χ0) is 66.8. The average molecular weight is 797 g/mol. The van der Waals surface area contributed by atoms with Crippen molar-refractivity contribution in [1.82, 2.24) is 0 Å². The lowest BCUT2D eigenvalue weighted by atomic mass is 9.90. The number of hydrogen-bond donors (Lipinski definition) is 0. The molecule has 0 N–H and O–H groups in total. The summed E-state index contributed by atoms with van der Waals surface area (Å²) in [6.07, 6.45) is 0. The summed E-state index contributed by atoms with van der Waals surface area (Å²) in [5, 5.41) is 0.520. The molecule has 0 aliphatic carbocycles. The highest BCUT2D eigenvalue weighted by Crippen LogP contribution is 2.45. The average Bonchev–Trinajstić information content (AvgIpc) is 1.61. The van der Waals surface area contributed by atoms with Crippen molar-refractivity contribution in [1.29, 1.82) is 0 Å². The standard InChI is InChI=1S/C58H39NO/c1-5-16-40(17-6-1)43-28-32-49(33-29-43)59(48-22-11-4-12-23-48)50-34-30-44(31-35-50)54-39-55-57-51(26-15-27-56(57)60-58(55)53-25-14-13-24-52(53)54)47-37-45(41-18-7-2-8-19-41)36-46(38-47)42-20-9-3-10-21-42/h1-39H/i1D,2D,3D,4D,5D,6D,7D,8D,9D,10D,11D,12D,16D,17D,18D,19D,20D,21D,22D,23D,28D,29D,30D,31D,32D,33D,34D,35D,36D,37D,38D. The van der Waals surface area contributed by atoms with Gasteiger partial charge in [-0.1, -0.05) is 169 Å². The van der Waals surface area contributed by atoms with Gasteiger partial charge in [0.1, 0.15) is 11.2 Å². The molecule has 0 aliphatic heterocycles. The largest absolute Gasteiger partial charge is 0.455 e. The number of furan rings is 1. The Balaban J connectivity index is 1.24. The highest BCUT2D eigenvalue weighted by Gasteiger charge is 2.20. The fourth-order valence-electron chi connectivity index (χ4n) is 6.83. The quantitative estimate of drug-likeness (QED) is 0.152. The van der Waals surface area contributed by atoms with Crippen LogP contribution in [0.1, 0.15) is 42.5 Å². The lowest BCUT2D eigenvalue weighted by Gasteiger charge is -2.26. The van der Waals surface area contributed by atoms with E-state index in [1.165, 1.54) is 30.3 Å². The third kappa shape index (κ3) is 6.41. The second kappa shape index (κ2) is 15.1. The lowest BCUT2D eigenvalue weighted by molar-refractivity contribution is 0.673. The summed E-state index contributed by atoms with van der Waals surface area (Å²) in [4.78, 5) is 0.449. The van der Waals surface area contributed by atoms with Crippen LogP contribution < -0.4 is 4.90 Å². The molecule has 1 heterocycles. The summed E-state index contributed by atoms with van der Waals surface area (Å²) in [5.41, 5.74) is -8.44. The molecule has 0 saturated heterocycles. The predicted octanol–water partition coefficient (Wildman–Crippen LogP) is 16.5. The molecule has 11 rings (SSSR count). The Labute approximate surface area is 393 Å². The fourth-order valence-corrected chi connectivity index (χ4v) is 6.83. The van der Waals surface area contributed by atoms with E-state index in [-0.39, 0.29) is 43.8 Å². The van der Waals surface area contributed by atoms with Crippen LogP contribution in [0.5, 0.6) is 0 Å². The Morgan fingerprint density at radius 3 is 1.40 bits per heavy atom. The molecule has 0 unspecified atom stereocenters. The second-order valence-corrected chi connectivity index (χ2v) is 12.9. The molecule has 10 aromatic carbocycles. The van der Waals surface area contributed by atoms with Crippen molar-refractivity contribution in [3.8, 4) is 55.6 Å². The summed E-state index contributed by atoms with van der Waals surface area (Å²) in [7, 11) is 0. The first kappa shape index (κ1) is 15.7. The van der Waals surface area contributed by atoms with Crippen LogP contribution in [0.3, 0.4) is 0 Å². The van der Waals surface area contributed by atoms with Crippen molar-refractivity contribution in [2.24, 2.45) is 0 Å². The van der Waals surface area contributed by atoms with E-state index in [4.69, 9.17) is 31.8 Å². The van der Waals surface area contributed by atoms with Crippen molar-refractivity contribution in [3.05, 3.63) is 236 Å². The molecular formula is C58H39NO. The number of fused-ring (bicyclic) bond motifs is 5. The highest BCUT2D eigenvalue weighted by atomic mass is 16.3. The number of anilines is 3. The molecule has 1 aromatic heterocycles. The molecular weight excluding hydrogens is 727 g/mol. The first-order valence-corrected chi connectivity index (χ1v) is 18.0. The highest BCUT2D eigenvalue weighted by molar-refractivity contribution is 6.22. The van der Waals surface area contributed by atoms with Gasteiger partial charge in [0.2, 0.25) is 0 Å². The SMILES string of the molecule is [2H]c1c([2H])c([2H])c(-c2c([2H])c([2H])c(N(c3c([2H])c([2H])c([2H])c([2H])c3[2H])c3c([2H])c([2H])c(-c4cc5c(oc6cccc(-c7c([2H])c(-c8c([2H])c([2H])c([2H])c([2H])c8[2H])c([2H])c(-c8c([2H])c([2H])c([2H])c([2H])c8[2H])c7[2H])c65)c5ccccc45)c([2H])c3[2H])c([2H])c2[2H])c([2H])c1[2H]. The Morgan fingerprint density at radius 1 is 0.350 bits per heavy atom. The minimum Gasteiger partial charge on any atom is -0.455 e. The molecule has 0 radical (unpaired) electrons. The summed E-state index contributed by atoms with van der Waals surface area (Å²) >= 11 is 0. The summed E-state index contributed by atoms with van der Waals surface area (Å²) in [6, 6.07) is -17.4. The van der Waals surface area contributed by atoms with Crippen molar-refractivity contribution in [2.45, 2.75) is 0 Å². The Morgan fingerprint density at radius 2 is 0.817 bits per heavy atom. The Bertz CT molecular complexity index is 4880. The zero-order valence-electron chi connectivity index (χ0n) is 61.5. The van der Waals surface area contributed by atoms with E-state index in [2.05, 4.69) is 0 Å². The van der Waals surface area contributed by atoms with Gasteiger partial charge in [-0.2, -0.15) is 0 Å². The maximum absolute atomic E-state index is 9.87. The second-order valence-electron chi connectivity index (χ2n) is 12.9. The lowest BCUT2D eigenvalue weighted by Crippen LogP contribution is -2.09. The van der Waals surface area contributed by atoms with Gasteiger partial charge >= 0.3 is 0 Å². The number of hydrogen-bond acceptors (Lipinski definition) is 2. The topological polar surface area (TPSA) is 16.4 Å². The molecule has 0 fully saturated rings. The monoisotopic (exact) mass is 796 g/mol. The van der Waals surface area contributed by atoms with Crippen LogP contribution in [0.4, 0.5) is 17.1 Å². The molecule has 282 valence electrons.